The molecule has 0 unspecified atom stereocenters. The minimum Gasteiger partial charge on any atom is -0.480 e. The molecule has 74 valence electrons. The van der Waals surface area contributed by atoms with E-state index in [0.717, 1.165) is 6.42 Å². The van der Waals surface area contributed by atoms with E-state index in [1.165, 1.54) is 6.92 Å². The van der Waals surface area contributed by atoms with Gasteiger partial charge in [-0.05, 0) is 12.8 Å². The molecule has 1 fully saturated rings. The molecule has 1 aliphatic heterocycles. The van der Waals surface area contributed by atoms with Crippen LogP contribution in [0.3, 0.4) is 0 Å². The van der Waals surface area contributed by atoms with Crippen LogP contribution in [0.5, 0.6) is 0 Å². The van der Waals surface area contributed by atoms with Gasteiger partial charge in [-0.25, -0.2) is 0 Å². The van der Waals surface area contributed by atoms with Crippen LogP contribution in [-0.2, 0) is 9.59 Å². The van der Waals surface area contributed by atoms with E-state index in [-0.39, 0.29) is 11.9 Å². The number of piperidine rings is 1. The third-order valence-electron chi connectivity index (χ3n) is 2.12. The summed E-state index contributed by atoms with van der Waals surface area (Å²) in [6, 6.07) is -0.377. The van der Waals surface area contributed by atoms with E-state index < -0.39 is 12.0 Å². The van der Waals surface area contributed by atoms with E-state index in [1.807, 2.05) is 0 Å². The number of carboxylic acid groups (broad SMARTS) is 1. The molecule has 0 saturated carbocycles. The first-order valence-electron chi connectivity index (χ1n) is 4.33. The molecule has 1 amide bonds. The van der Waals surface area contributed by atoms with Crippen molar-refractivity contribution in [2.75, 3.05) is 6.54 Å². The summed E-state index contributed by atoms with van der Waals surface area (Å²) in [5.74, 6) is -0.887. The molecule has 3 N–H and O–H groups in total. The van der Waals surface area contributed by atoms with E-state index in [0.29, 0.717) is 13.0 Å². The smallest absolute Gasteiger partial charge is 0.320 e. The summed E-state index contributed by atoms with van der Waals surface area (Å²) in [6.45, 7) is 2.00. The van der Waals surface area contributed by atoms with Gasteiger partial charge in [-0.2, -0.15) is 0 Å². The van der Waals surface area contributed by atoms with Gasteiger partial charge in [0.15, 0.2) is 0 Å². The molecule has 2 atom stereocenters. The Hall–Kier alpha value is -1.10. The Labute approximate surface area is 76.5 Å². The van der Waals surface area contributed by atoms with Crippen molar-refractivity contribution >= 4 is 11.9 Å². The van der Waals surface area contributed by atoms with Crippen molar-refractivity contribution in [2.24, 2.45) is 0 Å². The van der Waals surface area contributed by atoms with E-state index in [1.54, 1.807) is 0 Å². The highest BCUT2D eigenvalue weighted by molar-refractivity contribution is 5.74. The largest absolute Gasteiger partial charge is 0.480 e. The zero-order chi connectivity index (χ0) is 9.84. The highest BCUT2D eigenvalue weighted by Crippen LogP contribution is 2.07. The van der Waals surface area contributed by atoms with Gasteiger partial charge in [0.2, 0.25) is 5.91 Å². The van der Waals surface area contributed by atoms with E-state index in [9.17, 15) is 9.59 Å². The average molecular weight is 186 g/mol. The van der Waals surface area contributed by atoms with Crippen molar-refractivity contribution in [2.45, 2.75) is 31.8 Å². The Morgan fingerprint density at radius 2 is 2.15 bits per heavy atom. The van der Waals surface area contributed by atoms with Crippen LogP contribution in [0, 0.1) is 0 Å². The number of carboxylic acids is 1. The van der Waals surface area contributed by atoms with Gasteiger partial charge in [0.05, 0.1) is 0 Å². The summed E-state index contributed by atoms with van der Waals surface area (Å²) >= 11 is 0. The maximum Gasteiger partial charge on any atom is 0.320 e. The molecule has 1 rings (SSSR count). The lowest BCUT2D eigenvalue weighted by molar-refractivity contribution is -0.140. The average Bonchev–Trinajstić information content (AvgIpc) is 2.04. The van der Waals surface area contributed by atoms with Gasteiger partial charge >= 0.3 is 5.97 Å². The molecule has 5 nitrogen and oxygen atoms in total. The van der Waals surface area contributed by atoms with Crippen molar-refractivity contribution in [1.82, 2.24) is 10.6 Å². The molecule has 1 saturated heterocycles. The van der Waals surface area contributed by atoms with Crippen LogP contribution >= 0.6 is 0 Å². The van der Waals surface area contributed by atoms with Gasteiger partial charge in [-0.1, -0.05) is 0 Å². The van der Waals surface area contributed by atoms with Crippen LogP contribution in [0.4, 0.5) is 0 Å². The van der Waals surface area contributed by atoms with Gasteiger partial charge in [0, 0.05) is 19.5 Å². The maximum atomic E-state index is 10.7. The van der Waals surface area contributed by atoms with Crippen LogP contribution in [-0.4, -0.2) is 35.6 Å². The Morgan fingerprint density at radius 3 is 2.54 bits per heavy atom. The maximum absolute atomic E-state index is 10.7. The molecule has 0 spiro atoms. The molecule has 0 radical (unpaired) electrons. The lowest BCUT2D eigenvalue weighted by atomic mass is 10.0. The van der Waals surface area contributed by atoms with Gasteiger partial charge in [-0.3, -0.25) is 9.59 Å². The fourth-order valence-electron chi connectivity index (χ4n) is 1.48. The molecule has 0 aromatic carbocycles. The quantitative estimate of drug-likeness (QED) is 0.534. The van der Waals surface area contributed by atoms with Crippen LogP contribution < -0.4 is 10.6 Å². The third kappa shape index (κ3) is 3.02. The van der Waals surface area contributed by atoms with Gasteiger partial charge in [-0.15, -0.1) is 0 Å². The summed E-state index contributed by atoms with van der Waals surface area (Å²) in [6.07, 6.45) is 1.30. The molecule has 1 heterocycles. The SMILES string of the molecule is CC(=O)N[C@@H]1CC[C@@H](C(=O)O)NC1. The standard InChI is InChI=1S/C8H14N2O3/c1-5(11)10-6-2-3-7(8(12)13)9-4-6/h6-7,9H,2-4H2,1H3,(H,10,11)(H,12,13)/t6-,7+/m1/s1. The Kier molecular flexibility index (Phi) is 3.25. The highest BCUT2D eigenvalue weighted by atomic mass is 16.4. The second-order valence-electron chi connectivity index (χ2n) is 3.27. The summed E-state index contributed by atoms with van der Waals surface area (Å²) in [7, 11) is 0. The van der Waals surface area contributed by atoms with E-state index >= 15 is 0 Å². The first kappa shape index (κ1) is 9.98. The topological polar surface area (TPSA) is 78.4 Å². The second-order valence-corrected chi connectivity index (χ2v) is 3.27. The number of carbonyl (C=O) groups is 2. The van der Waals surface area contributed by atoms with E-state index in [2.05, 4.69) is 10.6 Å². The molecule has 0 bridgehead atoms. The fourth-order valence-corrected chi connectivity index (χ4v) is 1.48. The summed E-state index contributed by atoms with van der Waals surface area (Å²) in [5.41, 5.74) is 0. The normalized spacial score (nSPS) is 28.1. The molecular weight excluding hydrogens is 172 g/mol. The summed E-state index contributed by atoms with van der Waals surface area (Å²) < 4.78 is 0. The monoisotopic (exact) mass is 186 g/mol. The minimum absolute atomic E-state index is 0.0689. The Morgan fingerprint density at radius 1 is 1.46 bits per heavy atom. The van der Waals surface area contributed by atoms with Crippen LogP contribution in [0.2, 0.25) is 0 Å². The van der Waals surface area contributed by atoms with Crippen molar-refractivity contribution in [3.63, 3.8) is 0 Å². The number of carbonyl (C=O) groups excluding carboxylic acids is 1. The number of hydrogen-bond donors (Lipinski definition) is 3. The summed E-state index contributed by atoms with van der Waals surface area (Å²) in [4.78, 5) is 21.2. The molecule has 0 aliphatic carbocycles. The van der Waals surface area contributed by atoms with Crippen LogP contribution in [0.15, 0.2) is 0 Å². The first-order valence-corrected chi connectivity index (χ1v) is 4.33. The lowest BCUT2D eigenvalue weighted by Crippen LogP contribution is -2.51. The van der Waals surface area contributed by atoms with Gasteiger partial charge in [0.1, 0.15) is 6.04 Å². The van der Waals surface area contributed by atoms with Crippen molar-refractivity contribution in [1.29, 1.82) is 0 Å². The van der Waals surface area contributed by atoms with Crippen molar-refractivity contribution in [3.8, 4) is 0 Å². The number of nitrogens with one attached hydrogen (secondary N) is 2. The van der Waals surface area contributed by atoms with Crippen LogP contribution in [0.1, 0.15) is 19.8 Å². The lowest BCUT2D eigenvalue weighted by Gasteiger charge is -2.27. The second kappa shape index (κ2) is 4.23. The van der Waals surface area contributed by atoms with E-state index in [4.69, 9.17) is 5.11 Å². The Bertz CT molecular complexity index is 209. The summed E-state index contributed by atoms with van der Waals surface area (Å²) in [5, 5.41) is 14.3. The third-order valence-corrected chi connectivity index (χ3v) is 2.12. The Balaban J connectivity index is 2.30. The van der Waals surface area contributed by atoms with Gasteiger partial charge < -0.3 is 15.7 Å². The number of aliphatic carboxylic acids is 1. The predicted octanol–water partition coefficient (Wildman–Crippen LogP) is -0.672. The zero-order valence-electron chi connectivity index (χ0n) is 7.54. The molecule has 13 heavy (non-hydrogen) atoms. The molecule has 0 aromatic heterocycles. The van der Waals surface area contributed by atoms with Crippen molar-refractivity contribution in [3.05, 3.63) is 0 Å². The zero-order valence-corrected chi connectivity index (χ0v) is 7.54. The molecule has 5 heteroatoms. The minimum atomic E-state index is -0.818. The molecular formula is C8H14N2O3. The molecule has 0 aromatic rings. The number of hydrogen-bond acceptors (Lipinski definition) is 3. The molecule has 1 aliphatic rings. The van der Waals surface area contributed by atoms with Gasteiger partial charge in [0.25, 0.3) is 0 Å². The number of amides is 1. The first-order chi connectivity index (χ1) is 6.09. The predicted molar refractivity (Wildman–Crippen MR) is 46.3 cm³/mol. The van der Waals surface area contributed by atoms with Crippen molar-refractivity contribution < 1.29 is 14.7 Å². The highest BCUT2D eigenvalue weighted by Gasteiger charge is 2.25. The van der Waals surface area contributed by atoms with Crippen LogP contribution in [0.25, 0.3) is 0 Å². The fraction of sp³-hybridized carbons (Fsp3) is 0.750. The number of rotatable bonds is 2.